The molecular weight excluding hydrogens is 340 g/mol. The van der Waals surface area contributed by atoms with E-state index in [1.165, 1.54) is 0 Å². The zero-order valence-corrected chi connectivity index (χ0v) is 15.2. The molecule has 0 fully saturated rings. The lowest BCUT2D eigenvalue weighted by atomic mass is 10.00. The number of hydrazone groups is 1. The van der Waals surface area contributed by atoms with Crippen LogP contribution >= 0.6 is 0 Å². The molecule has 0 saturated carbocycles. The van der Waals surface area contributed by atoms with Crippen LogP contribution in [0.2, 0.25) is 0 Å². The average molecular weight is 360 g/mol. The molecule has 1 atom stereocenters. The number of methoxy groups -OCH3 is 2. The lowest BCUT2D eigenvalue weighted by Gasteiger charge is -2.24. The van der Waals surface area contributed by atoms with Gasteiger partial charge in [-0.25, -0.2) is 0 Å². The maximum absolute atomic E-state index is 5.49. The number of aromatic nitrogens is 2. The maximum Gasteiger partial charge on any atom is 0.161 e. The summed E-state index contributed by atoms with van der Waals surface area (Å²) in [5, 5.41) is 6.89. The number of para-hydroxylation sites is 1. The molecule has 0 saturated heterocycles. The lowest BCUT2D eigenvalue weighted by molar-refractivity contribution is 0.354. The number of hydrogen-bond acceptors (Lipinski definition) is 6. The molecule has 0 aliphatic carbocycles. The van der Waals surface area contributed by atoms with E-state index in [2.05, 4.69) is 28.2 Å². The first-order valence-electron chi connectivity index (χ1n) is 8.70. The van der Waals surface area contributed by atoms with E-state index in [1.54, 1.807) is 32.8 Å². The number of anilines is 1. The summed E-state index contributed by atoms with van der Waals surface area (Å²) < 4.78 is 10.9. The third-order valence-corrected chi connectivity index (χ3v) is 4.58. The zero-order chi connectivity index (χ0) is 18.6. The molecule has 2 heterocycles. The van der Waals surface area contributed by atoms with E-state index in [4.69, 9.17) is 14.6 Å². The van der Waals surface area contributed by atoms with E-state index in [0.29, 0.717) is 11.5 Å². The Kier molecular flexibility index (Phi) is 4.70. The highest BCUT2D eigenvalue weighted by atomic mass is 16.5. The van der Waals surface area contributed by atoms with Crippen molar-refractivity contribution in [2.24, 2.45) is 5.10 Å². The van der Waals surface area contributed by atoms with Crippen LogP contribution in [0.3, 0.4) is 0 Å². The van der Waals surface area contributed by atoms with Crippen molar-refractivity contribution in [3.05, 3.63) is 78.4 Å². The van der Waals surface area contributed by atoms with Crippen molar-refractivity contribution in [2.75, 3.05) is 19.2 Å². The second-order valence-corrected chi connectivity index (χ2v) is 6.15. The fourth-order valence-corrected chi connectivity index (χ4v) is 3.25. The number of hydrogen-bond donors (Lipinski definition) is 0. The van der Waals surface area contributed by atoms with Gasteiger partial charge in [0.2, 0.25) is 0 Å². The van der Waals surface area contributed by atoms with Gasteiger partial charge in [-0.15, -0.1) is 0 Å². The van der Waals surface area contributed by atoms with Gasteiger partial charge in [0.05, 0.1) is 37.9 Å². The second-order valence-electron chi connectivity index (χ2n) is 6.15. The van der Waals surface area contributed by atoms with Crippen LogP contribution in [0.5, 0.6) is 11.5 Å². The van der Waals surface area contributed by atoms with Crippen molar-refractivity contribution in [1.82, 2.24) is 9.97 Å². The fraction of sp³-hybridized carbons (Fsp3) is 0.190. The molecule has 0 bridgehead atoms. The molecule has 6 heteroatoms. The van der Waals surface area contributed by atoms with Gasteiger partial charge in [-0.3, -0.25) is 15.0 Å². The minimum atomic E-state index is 0.0317. The van der Waals surface area contributed by atoms with Gasteiger partial charge < -0.3 is 9.47 Å². The summed E-state index contributed by atoms with van der Waals surface area (Å²) in [4.78, 5) is 8.59. The highest BCUT2D eigenvalue weighted by Gasteiger charge is 2.31. The topological polar surface area (TPSA) is 59.8 Å². The Morgan fingerprint density at radius 1 is 0.963 bits per heavy atom. The molecule has 0 spiro atoms. The summed E-state index contributed by atoms with van der Waals surface area (Å²) in [5.41, 5.74) is 3.82. The van der Waals surface area contributed by atoms with Crippen LogP contribution in [-0.4, -0.2) is 29.9 Å². The normalized spacial score (nSPS) is 16.1. The van der Waals surface area contributed by atoms with E-state index in [0.717, 1.165) is 29.1 Å². The molecule has 4 rings (SSSR count). The van der Waals surface area contributed by atoms with Crippen LogP contribution in [0.25, 0.3) is 0 Å². The van der Waals surface area contributed by atoms with Crippen LogP contribution in [0, 0.1) is 0 Å². The first-order valence-corrected chi connectivity index (χ1v) is 8.70. The Morgan fingerprint density at radius 2 is 1.78 bits per heavy atom. The Hall–Kier alpha value is -3.41. The highest BCUT2D eigenvalue weighted by Crippen LogP contribution is 2.39. The van der Waals surface area contributed by atoms with Crippen molar-refractivity contribution in [3.63, 3.8) is 0 Å². The van der Waals surface area contributed by atoms with Gasteiger partial charge in [-0.1, -0.05) is 24.3 Å². The van der Waals surface area contributed by atoms with E-state index < -0.39 is 0 Å². The van der Waals surface area contributed by atoms with Crippen LogP contribution < -0.4 is 14.5 Å². The molecule has 1 unspecified atom stereocenters. The third-order valence-electron chi connectivity index (χ3n) is 4.58. The van der Waals surface area contributed by atoms with Crippen molar-refractivity contribution in [2.45, 2.75) is 12.5 Å². The van der Waals surface area contributed by atoms with Crippen molar-refractivity contribution in [1.29, 1.82) is 0 Å². The quantitative estimate of drug-likeness (QED) is 0.692. The number of benzene rings is 2. The van der Waals surface area contributed by atoms with Gasteiger partial charge in [0, 0.05) is 18.8 Å². The van der Waals surface area contributed by atoms with E-state index in [1.807, 2.05) is 35.3 Å². The standard InChI is InChI=1S/C21H20N4O2/c1-26-20-9-8-15(12-21(20)27-2)19-13-17(18-14-22-10-11-23-18)24-25(19)16-6-4-3-5-7-16/h3-12,14,19H,13H2,1-2H3. The number of ether oxygens (including phenoxy) is 2. The van der Waals surface area contributed by atoms with E-state index in [-0.39, 0.29) is 6.04 Å². The molecule has 0 radical (unpaired) electrons. The Labute approximate surface area is 158 Å². The minimum absolute atomic E-state index is 0.0317. The summed E-state index contributed by atoms with van der Waals surface area (Å²) in [5.74, 6) is 1.41. The van der Waals surface area contributed by atoms with Crippen LogP contribution in [0.4, 0.5) is 5.69 Å². The molecular formula is C21H20N4O2. The Balaban J connectivity index is 1.75. The molecule has 136 valence electrons. The van der Waals surface area contributed by atoms with E-state index in [9.17, 15) is 0 Å². The first kappa shape index (κ1) is 17.0. The lowest BCUT2D eigenvalue weighted by Crippen LogP contribution is -2.18. The molecule has 1 aliphatic heterocycles. The molecule has 2 aromatic carbocycles. The largest absolute Gasteiger partial charge is 0.493 e. The Morgan fingerprint density at radius 3 is 2.48 bits per heavy atom. The van der Waals surface area contributed by atoms with Crippen molar-refractivity contribution >= 4 is 11.4 Å². The molecule has 0 amide bonds. The van der Waals surface area contributed by atoms with E-state index >= 15 is 0 Å². The molecule has 0 N–H and O–H groups in total. The van der Waals surface area contributed by atoms with Gasteiger partial charge >= 0.3 is 0 Å². The molecule has 6 nitrogen and oxygen atoms in total. The summed E-state index contributed by atoms with van der Waals surface area (Å²) in [6.07, 6.45) is 5.83. The van der Waals surface area contributed by atoms with Crippen molar-refractivity contribution in [3.8, 4) is 11.5 Å². The van der Waals surface area contributed by atoms with Gasteiger partial charge in [0.25, 0.3) is 0 Å². The predicted molar refractivity (Wildman–Crippen MR) is 104 cm³/mol. The highest BCUT2D eigenvalue weighted by molar-refractivity contribution is 6.01. The summed E-state index contributed by atoms with van der Waals surface area (Å²) >= 11 is 0. The fourth-order valence-electron chi connectivity index (χ4n) is 3.25. The van der Waals surface area contributed by atoms with Gasteiger partial charge in [0.1, 0.15) is 5.69 Å². The van der Waals surface area contributed by atoms with Gasteiger partial charge in [-0.05, 0) is 29.8 Å². The summed E-state index contributed by atoms with van der Waals surface area (Å²) in [6.45, 7) is 0. The van der Waals surface area contributed by atoms with Crippen molar-refractivity contribution < 1.29 is 9.47 Å². The molecule has 3 aromatic rings. The third kappa shape index (κ3) is 3.33. The molecule has 1 aliphatic rings. The Bertz CT molecular complexity index is 945. The van der Waals surface area contributed by atoms with Crippen LogP contribution in [0.1, 0.15) is 23.7 Å². The molecule has 1 aromatic heterocycles. The van der Waals surface area contributed by atoms with Gasteiger partial charge in [-0.2, -0.15) is 5.10 Å². The molecule has 27 heavy (non-hydrogen) atoms. The monoisotopic (exact) mass is 360 g/mol. The average Bonchev–Trinajstić information content (AvgIpc) is 3.20. The number of rotatable bonds is 5. The predicted octanol–water partition coefficient (Wildman–Crippen LogP) is 3.85. The maximum atomic E-state index is 5.49. The SMILES string of the molecule is COc1ccc(C2CC(c3cnccn3)=NN2c2ccccc2)cc1OC. The first-order chi connectivity index (χ1) is 13.3. The van der Waals surface area contributed by atoms with Gasteiger partial charge in [0.15, 0.2) is 11.5 Å². The zero-order valence-electron chi connectivity index (χ0n) is 15.2. The van der Waals surface area contributed by atoms with Crippen LogP contribution in [0.15, 0.2) is 72.2 Å². The summed E-state index contributed by atoms with van der Waals surface area (Å²) in [7, 11) is 3.28. The summed E-state index contributed by atoms with van der Waals surface area (Å²) in [6, 6.07) is 16.1. The smallest absolute Gasteiger partial charge is 0.161 e. The minimum Gasteiger partial charge on any atom is -0.493 e. The van der Waals surface area contributed by atoms with Crippen LogP contribution in [-0.2, 0) is 0 Å². The number of nitrogens with zero attached hydrogens (tertiary/aromatic N) is 4. The second kappa shape index (κ2) is 7.45.